The number of amides is 2. The van der Waals surface area contributed by atoms with Gasteiger partial charge in [-0.15, -0.1) is 0 Å². The van der Waals surface area contributed by atoms with Crippen molar-refractivity contribution in [2.24, 2.45) is 0 Å². The first-order valence-corrected chi connectivity index (χ1v) is 10.4. The molecule has 2 aromatic rings. The van der Waals surface area contributed by atoms with Gasteiger partial charge in [-0.2, -0.15) is 0 Å². The highest BCUT2D eigenvalue weighted by atomic mass is 32.2. The van der Waals surface area contributed by atoms with Crippen LogP contribution in [-0.4, -0.2) is 40.9 Å². The van der Waals surface area contributed by atoms with E-state index in [0.717, 1.165) is 11.1 Å². The Morgan fingerprint density at radius 1 is 1.00 bits per heavy atom. The summed E-state index contributed by atoms with van der Waals surface area (Å²) in [6.45, 7) is 4.79. The number of esters is 1. The van der Waals surface area contributed by atoms with E-state index >= 15 is 0 Å². The van der Waals surface area contributed by atoms with Crippen molar-refractivity contribution in [3.63, 3.8) is 0 Å². The molecule has 0 aliphatic carbocycles. The summed E-state index contributed by atoms with van der Waals surface area (Å²) in [5.74, 6) is -1.37. The van der Waals surface area contributed by atoms with E-state index in [1.807, 2.05) is 26.0 Å². The summed E-state index contributed by atoms with van der Waals surface area (Å²) in [7, 11) is -1.32. The van der Waals surface area contributed by atoms with Gasteiger partial charge in [0.2, 0.25) is 5.91 Å². The summed E-state index contributed by atoms with van der Waals surface area (Å²) in [6.07, 6.45) is 0. The molecular formula is C21H24N2O5S. The van der Waals surface area contributed by atoms with Crippen LogP contribution in [0, 0.1) is 13.8 Å². The predicted octanol–water partition coefficient (Wildman–Crippen LogP) is 2.34. The van der Waals surface area contributed by atoms with Gasteiger partial charge in [-0.3, -0.25) is 13.8 Å². The lowest BCUT2D eigenvalue weighted by atomic mass is 10.1. The van der Waals surface area contributed by atoms with E-state index in [9.17, 15) is 18.6 Å². The minimum atomic E-state index is -1.32. The summed E-state index contributed by atoms with van der Waals surface area (Å²) in [4.78, 5) is 36.5. The van der Waals surface area contributed by atoms with Crippen molar-refractivity contribution in [3.05, 3.63) is 59.2 Å². The van der Waals surface area contributed by atoms with Gasteiger partial charge in [0.1, 0.15) is 0 Å². The molecule has 8 heteroatoms. The first-order valence-electron chi connectivity index (χ1n) is 9.10. The Bertz CT molecular complexity index is 942. The third kappa shape index (κ3) is 6.25. The lowest BCUT2D eigenvalue weighted by Crippen LogP contribution is -2.35. The Kier molecular flexibility index (Phi) is 8.09. The Morgan fingerprint density at radius 3 is 2.45 bits per heavy atom. The zero-order valence-corrected chi connectivity index (χ0v) is 17.4. The zero-order chi connectivity index (χ0) is 21.4. The summed E-state index contributed by atoms with van der Waals surface area (Å²) in [5.41, 5.74) is 2.83. The van der Waals surface area contributed by atoms with Crippen LogP contribution in [0.2, 0.25) is 0 Å². The molecule has 2 rings (SSSR count). The Hall–Kier alpha value is -3.00. The first kappa shape index (κ1) is 22.3. The normalized spacial score (nSPS) is 11.4. The van der Waals surface area contributed by atoms with Gasteiger partial charge in [0.15, 0.2) is 6.61 Å². The van der Waals surface area contributed by atoms with E-state index in [-0.39, 0.29) is 18.0 Å². The molecule has 0 spiro atoms. The Morgan fingerprint density at radius 2 is 1.72 bits per heavy atom. The Balaban J connectivity index is 1.84. The van der Waals surface area contributed by atoms with Gasteiger partial charge >= 0.3 is 5.97 Å². The topological polar surface area (TPSA) is 102 Å². The van der Waals surface area contributed by atoms with Crippen LogP contribution in [0.15, 0.2) is 47.4 Å². The predicted molar refractivity (Wildman–Crippen MR) is 111 cm³/mol. The average Bonchev–Trinajstić information content (AvgIpc) is 2.73. The zero-order valence-electron chi connectivity index (χ0n) is 16.6. The second kappa shape index (κ2) is 10.5. The van der Waals surface area contributed by atoms with Gasteiger partial charge in [-0.05, 0) is 43.2 Å². The van der Waals surface area contributed by atoms with Gasteiger partial charge < -0.3 is 15.4 Å². The van der Waals surface area contributed by atoms with E-state index in [4.69, 9.17) is 4.74 Å². The molecule has 29 heavy (non-hydrogen) atoms. The largest absolute Gasteiger partial charge is 0.452 e. The molecule has 0 heterocycles. The van der Waals surface area contributed by atoms with Crippen molar-refractivity contribution in [3.8, 4) is 0 Å². The van der Waals surface area contributed by atoms with Crippen LogP contribution < -0.4 is 10.6 Å². The molecule has 154 valence electrons. The molecular weight excluding hydrogens is 392 g/mol. The summed E-state index contributed by atoms with van der Waals surface area (Å²) < 4.78 is 17.0. The third-order valence-corrected chi connectivity index (χ3v) is 5.64. The number of anilines is 1. The molecule has 0 radical (unpaired) electrons. The molecule has 0 aliphatic heterocycles. The van der Waals surface area contributed by atoms with Crippen LogP contribution in [-0.2, 0) is 25.1 Å². The fourth-order valence-corrected chi connectivity index (χ4v) is 3.45. The molecule has 0 aromatic heterocycles. The number of rotatable bonds is 8. The maximum atomic E-state index is 12.2. The van der Waals surface area contributed by atoms with Gasteiger partial charge in [0.25, 0.3) is 5.91 Å². The summed E-state index contributed by atoms with van der Waals surface area (Å²) in [5, 5.41) is 5.13. The molecule has 0 bridgehead atoms. The van der Waals surface area contributed by atoms with Crippen molar-refractivity contribution in [2.75, 3.05) is 24.2 Å². The van der Waals surface area contributed by atoms with Gasteiger partial charge in [0, 0.05) is 11.4 Å². The minimum absolute atomic E-state index is 0.160. The SMILES string of the molecule is CC[S@@](=O)c1ccccc1C(=O)OCC(=O)NCC(=O)Nc1cccc(C)c1C. The molecule has 0 saturated heterocycles. The standard InChI is InChI=1S/C21H24N2O5S/c1-4-29(27)18-11-6-5-9-16(18)21(26)28-13-20(25)22-12-19(24)23-17-10-7-8-14(2)15(17)3/h5-11H,4,12-13H2,1-3H3,(H,22,25)(H,23,24)/t29-/m1/s1. The van der Waals surface area contributed by atoms with Crippen LogP contribution in [0.5, 0.6) is 0 Å². The summed E-state index contributed by atoms with van der Waals surface area (Å²) >= 11 is 0. The number of nitrogens with one attached hydrogen (secondary N) is 2. The van der Waals surface area contributed by atoms with Crippen molar-refractivity contribution in [1.29, 1.82) is 0 Å². The van der Waals surface area contributed by atoms with E-state index in [1.165, 1.54) is 6.07 Å². The number of carbonyl (C=O) groups excluding carboxylic acids is 3. The minimum Gasteiger partial charge on any atom is -0.452 e. The van der Waals surface area contributed by atoms with Gasteiger partial charge in [-0.1, -0.05) is 31.2 Å². The van der Waals surface area contributed by atoms with E-state index in [0.29, 0.717) is 16.3 Å². The van der Waals surface area contributed by atoms with Crippen LogP contribution in [0.1, 0.15) is 28.4 Å². The highest BCUT2D eigenvalue weighted by Crippen LogP contribution is 2.17. The number of hydrogen-bond donors (Lipinski definition) is 2. The average molecular weight is 416 g/mol. The fraction of sp³-hybridized carbons (Fsp3) is 0.286. The van der Waals surface area contributed by atoms with Crippen molar-refractivity contribution in [2.45, 2.75) is 25.7 Å². The third-order valence-electron chi connectivity index (χ3n) is 4.27. The molecule has 0 saturated carbocycles. The van der Waals surface area contributed by atoms with Crippen LogP contribution in [0.3, 0.4) is 0 Å². The Labute approximate surface area is 172 Å². The number of ether oxygens (including phenoxy) is 1. The van der Waals surface area contributed by atoms with E-state index in [1.54, 1.807) is 31.2 Å². The molecule has 1 atom stereocenters. The van der Waals surface area contributed by atoms with Crippen molar-refractivity contribution in [1.82, 2.24) is 5.32 Å². The van der Waals surface area contributed by atoms with Crippen molar-refractivity contribution < 1.29 is 23.3 Å². The number of hydrogen-bond acceptors (Lipinski definition) is 5. The number of carbonyl (C=O) groups is 3. The molecule has 0 unspecified atom stereocenters. The first-order chi connectivity index (χ1) is 13.8. The fourth-order valence-electron chi connectivity index (χ4n) is 2.51. The second-order valence-electron chi connectivity index (χ2n) is 6.28. The lowest BCUT2D eigenvalue weighted by Gasteiger charge is -2.11. The lowest BCUT2D eigenvalue weighted by molar-refractivity contribution is -0.126. The quantitative estimate of drug-likeness (QED) is 0.643. The van der Waals surface area contributed by atoms with E-state index < -0.39 is 29.3 Å². The maximum Gasteiger partial charge on any atom is 0.339 e. The van der Waals surface area contributed by atoms with Gasteiger partial charge in [0.05, 0.1) is 27.8 Å². The summed E-state index contributed by atoms with van der Waals surface area (Å²) in [6, 6.07) is 12.0. The number of aryl methyl sites for hydroxylation is 1. The molecule has 7 nitrogen and oxygen atoms in total. The smallest absolute Gasteiger partial charge is 0.339 e. The second-order valence-corrected chi connectivity index (χ2v) is 7.99. The molecule has 2 N–H and O–H groups in total. The maximum absolute atomic E-state index is 12.2. The molecule has 2 amide bonds. The molecule has 2 aromatic carbocycles. The highest BCUT2D eigenvalue weighted by Gasteiger charge is 2.17. The monoisotopic (exact) mass is 416 g/mol. The number of benzene rings is 2. The highest BCUT2D eigenvalue weighted by molar-refractivity contribution is 7.85. The molecule has 0 fully saturated rings. The van der Waals surface area contributed by atoms with Crippen LogP contribution in [0.4, 0.5) is 5.69 Å². The van der Waals surface area contributed by atoms with Gasteiger partial charge in [-0.25, -0.2) is 4.79 Å². The van der Waals surface area contributed by atoms with Crippen LogP contribution >= 0.6 is 0 Å². The van der Waals surface area contributed by atoms with E-state index in [2.05, 4.69) is 10.6 Å². The van der Waals surface area contributed by atoms with Crippen LogP contribution in [0.25, 0.3) is 0 Å². The van der Waals surface area contributed by atoms with Crippen molar-refractivity contribution >= 4 is 34.3 Å². The molecule has 0 aliphatic rings.